The molecule has 1 amide bonds. The number of ether oxygens (including phenoxy) is 2. The van der Waals surface area contributed by atoms with Gasteiger partial charge in [0.25, 0.3) is 5.56 Å². The summed E-state index contributed by atoms with van der Waals surface area (Å²) in [6.07, 6.45) is -5.52. The number of hydrogen-bond acceptors (Lipinski definition) is 5. The summed E-state index contributed by atoms with van der Waals surface area (Å²) in [6, 6.07) is 5.58. The van der Waals surface area contributed by atoms with Gasteiger partial charge in [-0.3, -0.25) is 4.79 Å². The molecule has 2 rings (SSSR count). The Bertz CT molecular complexity index is 1080. The minimum absolute atomic E-state index is 0.00420. The fraction of sp³-hybridized carbons (Fsp3) is 0.435. The van der Waals surface area contributed by atoms with Crippen molar-refractivity contribution in [3.63, 3.8) is 0 Å². The zero-order chi connectivity index (χ0) is 25.1. The molecule has 1 N–H and O–H groups in total. The van der Waals surface area contributed by atoms with Gasteiger partial charge >= 0.3 is 18.2 Å². The van der Waals surface area contributed by atoms with Crippen LogP contribution in [-0.2, 0) is 33.9 Å². The number of esters is 1. The number of rotatable bonds is 5. The number of alkyl halides is 3. The molecule has 0 aliphatic carbocycles. The number of halogens is 3. The molecule has 1 unspecified atom stereocenters. The van der Waals surface area contributed by atoms with E-state index in [9.17, 15) is 27.6 Å². The first-order valence-corrected chi connectivity index (χ1v) is 10.1. The van der Waals surface area contributed by atoms with Crippen molar-refractivity contribution in [2.75, 3.05) is 7.11 Å². The predicted molar refractivity (Wildman–Crippen MR) is 116 cm³/mol. The highest BCUT2D eigenvalue weighted by Crippen LogP contribution is 2.35. The molecule has 1 aromatic heterocycles. The van der Waals surface area contributed by atoms with E-state index in [2.05, 4.69) is 5.32 Å². The van der Waals surface area contributed by atoms with E-state index in [1.165, 1.54) is 45.3 Å². The Hall–Kier alpha value is -3.30. The Labute approximate surface area is 189 Å². The summed E-state index contributed by atoms with van der Waals surface area (Å²) >= 11 is 0. The predicted octanol–water partition coefficient (Wildman–Crippen LogP) is 3.99. The number of methoxy groups -OCH3 is 1. The minimum Gasteiger partial charge on any atom is -0.467 e. The monoisotopic (exact) mass is 468 g/mol. The maximum absolute atomic E-state index is 13.6. The molecule has 0 saturated heterocycles. The number of benzene rings is 1. The molecule has 10 heteroatoms. The van der Waals surface area contributed by atoms with E-state index in [0.717, 1.165) is 10.6 Å². The molecule has 1 heterocycles. The molecule has 0 fully saturated rings. The number of aryl methyl sites for hydroxylation is 1. The Kier molecular flexibility index (Phi) is 7.61. The maximum atomic E-state index is 13.6. The number of aromatic nitrogens is 1. The van der Waals surface area contributed by atoms with Crippen LogP contribution in [0.15, 0.2) is 35.1 Å². The van der Waals surface area contributed by atoms with E-state index in [1.807, 2.05) is 0 Å². The number of hydrogen-bond donors (Lipinski definition) is 1. The Balaban J connectivity index is 2.36. The minimum atomic E-state index is -4.71. The summed E-state index contributed by atoms with van der Waals surface area (Å²) in [5.74, 6) is -0.711. The summed E-state index contributed by atoms with van der Waals surface area (Å²) in [4.78, 5) is 36.8. The Morgan fingerprint density at radius 2 is 1.70 bits per heavy atom. The maximum Gasteiger partial charge on any atom is 0.417 e. The molecule has 1 aromatic carbocycles. The van der Waals surface area contributed by atoms with Crippen LogP contribution in [0.5, 0.6) is 0 Å². The molecule has 180 valence electrons. The van der Waals surface area contributed by atoms with Crippen LogP contribution >= 0.6 is 0 Å². The van der Waals surface area contributed by atoms with E-state index in [1.54, 1.807) is 20.8 Å². The number of amides is 1. The van der Waals surface area contributed by atoms with Crippen molar-refractivity contribution >= 4 is 12.1 Å². The fourth-order valence-corrected chi connectivity index (χ4v) is 3.15. The largest absolute Gasteiger partial charge is 0.467 e. The first-order chi connectivity index (χ1) is 15.1. The topological polar surface area (TPSA) is 86.6 Å². The molecular formula is C23H27F3N2O5. The average molecular weight is 468 g/mol. The lowest BCUT2D eigenvalue weighted by atomic mass is 9.97. The second-order valence-corrected chi connectivity index (χ2v) is 8.56. The normalized spacial score (nSPS) is 12.8. The Morgan fingerprint density at radius 1 is 1.12 bits per heavy atom. The lowest BCUT2D eigenvalue weighted by Crippen LogP contribution is -2.45. The molecule has 0 spiro atoms. The molecule has 7 nitrogen and oxygen atoms in total. The van der Waals surface area contributed by atoms with Crippen LogP contribution < -0.4 is 10.9 Å². The van der Waals surface area contributed by atoms with Crippen LogP contribution in [0.4, 0.5) is 18.0 Å². The van der Waals surface area contributed by atoms with Crippen molar-refractivity contribution < 1.29 is 32.2 Å². The summed E-state index contributed by atoms with van der Waals surface area (Å²) in [7, 11) is 2.57. The highest BCUT2D eigenvalue weighted by molar-refractivity contribution is 5.81. The average Bonchev–Trinajstić information content (AvgIpc) is 2.69. The van der Waals surface area contributed by atoms with Gasteiger partial charge in [-0.1, -0.05) is 24.3 Å². The zero-order valence-corrected chi connectivity index (χ0v) is 19.3. The van der Waals surface area contributed by atoms with Gasteiger partial charge in [0.2, 0.25) is 0 Å². The second kappa shape index (κ2) is 9.68. The number of alkyl carbamates (subject to hydrolysis) is 1. The number of pyridine rings is 1. The third-order valence-electron chi connectivity index (χ3n) is 4.83. The van der Waals surface area contributed by atoms with Gasteiger partial charge in [0.1, 0.15) is 11.6 Å². The van der Waals surface area contributed by atoms with E-state index in [0.29, 0.717) is 5.56 Å². The van der Waals surface area contributed by atoms with Crippen molar-refractivity contribution in [1.29, 1.82) is 0 Å². The summed E-state index contributed by atoms with van der Waals surface area (Å²) in [6.45, 7) is 6.43. The van der Waals surface area contributed by atoms with Gasteiger partial charge < -0.3 is 19.4 Å². The van der Waals surface area contributed by atoms with Crippen LogP contribution in [0.2, 0.25) is 0 Å². The third-order valence-corrected chi connectivity index (χ3v) is 4.83. The number of carbonyl (C=O) groups excluding carboxylic acids is 2. The van der Waals surface area contributed by atoms with Crippen molar-refractivity contribution in [3.8, 4) is 11.1 Å². The highest BCUT2D eigenvalue weighted by Gasteiger charge is 2.36. The third kappa shape index (κ3) is 6.59. The summed E-state index contributed by atoms with van der Waals surface area (Å²) in [5.41, 5.74) is -2.23. The molecule has 33 heavy (non-hydrogen) atoms. The van der Waals surface area contributed by atoms with Crippen LogP contribution in [0.3, 0.4) is 0 Å². The van der Waals surface area contributed by atoms with Gasteiger partial charge in [-0.2, -0.15) is 13.2 Å². The molecule has 1 atom stereocenters. The van der Waals surface area contributed by atoms with Crippen molar-refractivity contribution in [3.05, 3.63) is 57.5 Å². The molecular weight excluding hydrogens is 441 g/mol. The molecule has 0 radical (unpaired) electrons. The number of carbonyl (C=O) groups is 2. The van der Waals surface area contributed by atoms with E-state index >= 15 is 0 Å². The van der Waals surface area contributed by atoms with Gasteiger partial charge in [0, 0.05) is 19.2 Å². The number of nitrogens with one attached hydrogen (secondary N) is 1. The van der Waals surface area contributed by atoms with Gasteiger partial charge in [0.05, 0.1) is 18.2 Å². The van der Waals surface area contributed by atoms with Crippen LogP contribution in [-0.4, -0.2) is 35.4 Å². The number of nitrogens with zero attached hydrogens (tertiary/aromatic N) is 1. The quantitative estimate of drug-likeness (QED) is 0.671. The van der Waals surface area contributed by atoms with Crippen LogP contribution in [0.1, 0.15) is 37.6 Å². The molecule has 0 bridgehead atoms. The Morgan fingerprint density at radius 3 is 2.18 bits per heavy atom. The highest BCUT2D eigenvalue weighted by atomic mass is 19.4. The molecule has 0 aliphatic rings. The lowest BCUT2D eigenvalue weighted by Gasteiger charge is -2.22. The van der Waals surface area contributed by atoms with Crippen LogP contribution in [0, 0.1) is 6.92 Å². The van der Waals surface area contributed by atoms with Gasteiger partial charge in [-0.15, -0.1) is 0 Å². The van der Waals surface area contributed by atoms with Crippen molar-refractivity contribution in [2.45, 2.75) is 51.9 Å². The first-order valence-electron chi connectivity index (χ1n) is 10.1. The van der Waals surface area contributed by atoms with Gasteiger partial charge in [-0.25, -0.2) is 9.59 Å². The second-order valence-electron chi connectivity index (χ2n) is 8.56. The smallest absolute Gasteiger partial charge is 0.417 e. The lowest BCUT2D eigenvalue weighted by molar-refractivity contribution is -0.143. The van der Waals surface area contributed by atoms with E-state index in [4.69, 9.17) is 9.47 Å². The SMILES string of the molecule is COC(=O)C(Cc1ccc(-c2c(C(F)(F)F)cc(C)n(C)c2=O)cc1)NC(=O)OC(C)(C)C. The van der Waals surface area contributed by atoms with Gasteiger partial charge in [-0.05, 0) is 44.9 Å². The fourth-order valence-electron chi connectivity index (χ4n) is 3.15. The molecule has 0 saturated carbocycles. The van der Waals surface area contributed by atoms with Crippen molar-refractivity contribution in [1.82, 2.24) is 9.88 Å². The first kappa shape index (κ1) is 26.0. The standard InChI is InChI=1S/C23H27F3N2O5/c1-13-11-16(23(24,25)26)18(19(29)28(13)5)15-9-7-14(8-10-15)12-17(20(30)32-6)27-21(31)33-22(2,3)4/h7-11,17H,12H2,1-6H3,(H,27,31). The zero-order valence-electron chi connectivity index (χ0n) is 19.3. The van der Waals surface area contributed by atoms with Crippen molar-refractivity contribution in [2.24, 2.45) is 7.05 Å². The summed E-state index contributed by atoms with van der Waals surface area (Å²) in [5, 5.41) is 2.43. The van der Waals surface area contributed by atoms with Crippen LogP contribution in [0.25, 0.3) is 11.1 Å². The van der Waals surface area contributed by atoms with E-state index < -0.39 is 46.6 Å². The van der Waals surface area contributed by atoms with E-state index in [-0.39, 0.29) is 17.7 Å². The van der Waals surface area contributed by atoms with Gasteiger partial charge in [0.15, 0.2) is 0 Å². The summed E-state index contributed by atoms with van der Waals surface area (Å²) < 4.78 is 51.8. The molecule has 2 aromatic rings. The molecule has 0 aliphatic heterocycles.